The van der Waals surface area contributed by atoms with Crippen molar-refractivity contribution < 1.29 is 19.1 Å². The number of esters is 1. The lowest BCUT2D eigenvalue weighted by atomic mass is 10.1. The number of Topliss-reactive ketones (excluding diaryl/α,β-unsaturated/α-hetero) is 1. The van der Waals surface area contributed by atoms with E-state index in [4.69, 9.17) is 9.47 Å². The van der Waals surface area contributed by atoms with Crippen LogP contribution in [0.5, 0.6) is 5.75 Å². The maximum Gasteiger partial charge on any atom is 0.359 e. The second kappa shape index (κ2) is 6.43. The summed E-state index contributed by atoms with van der Waals surface area (Å²) in [4.78, 5) is 23.9. The molecule has 0 aliphatic rings. The molecule has 0 N–H and O–H groups in total. The molecular formula is C16H18N2O4. The van der Waals surface area contributed by atoms with E-state index in [0.29, 0.717) is 17.1 Å². The lowest BCUT2D eigenvalue weighted by Crippen LogP contribution is -2.10. The molecule has 0 radical (unpaired) electrons. The van der Waals surface area contributed by atoms with Gasteiger partial charge in [0.2, 0.25) is 0 Å². The van der Waals surface area contributed by atoms with Crippen LogP contribution >= 0.6 is 0 Å². The summed E-state index contributed by atoms with van der Waals surface area (Å²) in [6, 6.07) is 7.22. The molecule has 22 heavy (non-hydrogen) atoms. The number of carbonyl (C=O) groups is 2. The third-order valence-corrected chi connectivity index (χ3v) is 3.24. The topological polar surface area (TPSA) is 70.4 Å². The van der Waals surface area contributed by atoms with Gasteiger partial charge in [-0.05, 0) is 32.9 Å². The van der Waals surface area contributed by atoms with Gasteiger partial charge in [0.25, 0.3) is 0 Å². The van der Waals surface area contributed by atoms with E-state index in [1.165, 1.54) is 6.92 Å². The monoisotopic (exact) mass is 302 g/mol. The number of methoxy groups -OCH3 is 1. The molecule has 0 saturated heterocycles. The van der Waals surface area contributed by atoms with Gasteiger partial charge in [0.05, 0.1) is 30.7 Å². The summed E-state index contributed by atoms with van der Waals surface area (Å²) >= 11 is 0. The van der Waals surface area contributed by atoms with Crippen molar-refractivity contribution in [3.05, 3.63) is 41.2 Å². The normalized spacial score (nSPS) is 10.4. The van der Waals surface area contributed by atoms with E-state index in [2.05, 4.69) is 5.10 Å². The molecule has 0 saturated carbocycles. The molecule has 1 aromatic heterocycles. The number of benzene rings is 1. The fourth-order valence-corrected chi connectivity index (χ4v) is 2.26. The van der Waals surface area contributed by atoms with Crippen LogP contribution in [0, 0.1) is 6.92 Å². The minimum Gasteiger partial charge on any atom is -0.497 e. The van der Waals surface area contributed by atoms with Gasteiger partial charge >= 0.3 is 5.97 Å². The highest BCUT2D eigenvalue weighted by Gasteiger charge is 2.25. The van der Waals surface area contributed by atoms with Crippen molar-refractivity contribution >= 4 is 11.8 Å². The predicted octanol–water partition coefficient (Wildman–Crippen LogP) is 2.57. The van der Waals surface area contributed by atoms with E-state index in [9.17, 15) is 9.59 Å². The zero-order valence-corrected chi connectivity index (χ0v) is 13.0. The Bertz CT molecular complexity index is 719. The molecule has 1 heterocycles. The van der Waals surface area contributed by atoms with Gasteiger partial charge in [-0.2, -0.15) is 5.10 Å². The summed E-state index contributed by atoms with van der Waals surface area (Å²) < 4.78 is 11.7. The van der Waals surface area contributed by atoms with E-state index >= 15 is 0 Å². The fourth-order valence-electron chi connectivity index (χ4n) is 2.26. The Morgan fingerprint density at radius 1 is 1.32 bits per heavy atom. The molecule has 1 aromatic carbocycles. The van der Waals surface area contributed by atoms with Crippen LogP contribution < -0.4 is 4.74 Å². The highest BCUT2D eigenvalue weighted by atomic mass is 16.5. The Hall–Kier alpha value is -2.63. The van der Waals surface area contributed by atoms with Crippen molar-refractivity contribution in [2.75, 3.05) is 13.7 Å². The van der Waals surface area contributed by atoms with E-state index in [0.717, 1.165) is 0 Å². The summed E-state index contributed by atoms with van der Waals surface area (Å²) in [5.41, 5.74) is 1.61. The van der Waals surface area contributed by atoms with Crippen molar-refractivity contribution in [1.29, 1.82) is 0 Å². The maximum atomic E-state index is 12.0. The highest BCUT2D eigenvalue weighted by molar-refractivity contribution is 6.05. The van der Waals surface area contributed by atoms with Gasteiger partial charge < -0.3 is 9.47 Å². The first-order valence-corrected chi connectivity index (χ1v) is 6.91. The third-order valence-electron chi connectivity index (χ3n) is 3.24. The van der Waals surface area contributed by atoms with Gasteiger partial charge in [-0.15, -0.1) is 0 Å². The Labute approximate surface area is 128 Å². The maximum absolute atomic E-state index is 12.0. The fraction of sp³-hybridized carbons (Fsp3) is 0.312. The standard InChI is InChI=1S/C16H18N2O4/c1-5-22-16(20)15-14(11(3)19)10(2)18(17-15)12-7-6-8-13(9-12)21-4/h6-9H,5H2,1-4H3. The number of ether oxygens (including phenoxy) is 2. The molecule has 0 amide bonds. The van der Waals surface area contributed by atoms with Crippen molar-refractivity contribution in [1.82, 2.24) is 9.78 Å². The highest BCUT2D eigenvalue weighted by Crippen LogP contribution is 2.22. The molecular weight excluding hydrogens is 284 g/mol. The SMILES string of the molecule is CCOC(=O)c1nn(-c2cccc(OC)c2)c(C)c1C(C)=O. The Morgan fingerprint density at radius 3 is 2.64 bits per heavy atom. The first-order valence-electron chi connectivity index (χ1n) is 6.91. The van der Waals surface area contributed by atoms with Crippen LogP contribution in [0.3, 0.4) is 0 Å². The van der Waals surface area contributed by atoms with Gasteiger partial charge in [0, 0.05) is 6.07 Å². The lowest BCUT2D eigenvalue weighted by molar-refractivity contribution is 0.0516. The van der Waals surface area contributed by atoms with Crippen molar-refractivity contribution in [2.45, 2.75) is 20.8 Å². The summed E-state index contributed by atoms with van der Waals surface area (Å²) in [6.45, 7) is 5.08. The average molecular weight is 302 g/mol. The summed E-state index contributed by atoms with van der Waals surface area (Å²) in [5.74, 6) is -0.165. The van der Waals surface area contributed by atoms with E-state index in [1.807, 2.05) is 12.1 Å². The van der Waals surface area contributed by atoms with E-state index in [-0.39, 0.29) is 23.6 Å². The third kappa shape index (κ3) is 2.86. The number of hydrogen-bond donors (Lipinski definition) is 0. The zero-order chi connectivity index (χ0) is 16.3. The molecule has 116 valence electrons. The Balaban J connectivity index is 2.60. The number of hydrogen-bond acceptors (Lipinski definition) is 5. The molecule has 6 heteroatoms. The number of rotatable bonds is 5. The van der Waals surface area contributed by atoms with Crippen LogP contribution in [0.25, 0.3) is 5.69 Å². The van der Waals surface area contributed by atoms with Crippen LogP contribution in [-0.4, -0.2) is 35.2 Å². The van der Waals surface area contributed by atoms with Crippen LogP contribution in [0.15, 0.2) is 24.3 Å². The van der Waals surface area contributed by atoms with E-state index < -0.39 is 5.97 Å². The van der Waals surface area contributed by atoms with Gasteiger partial charge in [-0.25, -0.2) is 9.48 Å². The number of ketones is 1. The minimum absolute atomic E-state index is 0.0367. The van der Waals surface area contributed by atoms with Gasteiger partial charge in [-0.3, -0.25) is 4.79 Å². The molecule has 0 aliphatic carbocycles. The number of carbonyl (C=O) groups excluding carboxylic acids is 2. The second-order valence-electron chi connectivity index (χ2n) is 4.70. The molecule has 0 unspecified atom stereocenters. The van der Waals surface area contributed by atoms with Gasteiger partial charge in [-0.1, -0.05) is 6.07 Å². The van der Waals surface area contributed by atoms with Crippen LogP contribution in [0.4, 0.5) is 0 Å². The lowest BCUT2D eigenvalue weighted by Gasteiger charge is -2.06. The van der Waals surface area contributed by atoms with Crippen molar-refractivity contribution in [2.24, 2.45) is 0 Å². The van der Waals surface area contributed by atoms with Crippen molar-refractivity contribution in [3.8, 4) is 11.4 Å². The molecule has 2 rings (SSSR count). The second-order valence-corrected chi connectivity index (χ2v) is 4.70. The molecule has 0 bridgehead atoms. The largest absolute Gasteiger partial charge is 0.497 e. The smallest absolute Gasteiger partial charge is 0.359 e. The van der Waals surface area contributed by atoms with Crippen molar-refractivity contribution in [3.63, 3.8) is 0 Å². The van der Waals surface area contributed by atoms with Crippen LogP contribution in [-0.2, 0) is 4.74 Å². The molecule has 0 spiro atoms. The molecule has 0 fully saturated rings. The molecule has 6 nitrogen and oxygen atoms in total. The zero-order valence-electron chi connectivity index (χ0n) is 13.0. The summed E-state index contributed by atoms with van der Waals surface area (Å²) in [7, 11) is 1.57. The Morgan fingerprint density at radius 2 is 2.05 bits per heavy atom. The molecule has 0 atom stereocenters. The Kier molecular flexibility index (Phi) is 4.60. The first-order chi connectivity index (χ1) is 10.5. The number of aromatic nitrogens is 2. The minimum atomic E-state index is -0.600. The molecule has 2 aromatic rings. The van der Waals surface area contributed by atoms with Gasteiger partial charge in [0.15, 0.2) is 11.5 Å². The average Bonchev–Trinajstić information content (AvgIpc) is 2.85. The van der Waals surface area contributed by atoms with Crippen LogP contribution in [0.2, 0.25) is 0 Å². The summed E-state index contributed by atoms with van der Waals surface area (Å²) in [5, 5.41) is 4.26. The first kappa shape index (κ1) is 15.8. The number of nitrogens with zero attached hydrogens (tertiary/aromatic N) is 2. The quantitative estimate of drug-likeness (QED) is 0.627. The predicted molar refractivity (Wildman–Crippen MR) is 80.8 cm³/mol. The van der Waals surface area contributed by atoms with E-state index in [1.54, 1.807) is 37.8 Å². The van der Waals surface area contributed by atoms with Gasteiger partial charge in [0.1, 0.15) is 5.75 Å². The summed E-state index contributed by atoms with van der Waals surface area (Å²) in [6.07, 6.45) is 0. The molecule has 0 aliphatic heterocycles. The van der Waals surface area contributed by atoms with Crippen LogP contribution in [0.1, 0.15) is 40.4 Å².